The number of ether oxygens (including phenoxy) is 1. The van der Waals surface area contributed by atoms with Gasteiger partial charge in [0.2, 0.25) is 0 Å². The fourth-order valence-electron chi connectivity index (χ4n) is 0.458. The van der Waals surface area contributed by atoms with Crippen LogP contribution in [0.15, 0.2) is 37.0 Å². The molecule has 12 heavy (non-hydrogen) atoms. The van der Waals surface area contributed by atoms with E-state index in [0.29, 0.717) is 5.57 Å². The van der Waals surface area contributed by atoms with Crippen LogP contribution in [0.4, 0.5) is 0 Å². The molecular weight excluding hydrogens is 156 g/mol. The van der Waals surface area contributed by atoms with Gasteiger partial charge in [0.05, 0.1) is 0 Å². The van der Waals surface area contributed by atoms with Crippen molar-refractivity contribution in [3.63, 3.8) is 0 Å². The molecule has 0 aliphatic heterocycles. The Morgan fingerprint density at radius 2 is 1.92 bits per heavy atom. The molecule has 3 heteroatoms. The van der Waals surface area contributed by atoms with Crippen molar-refractivity contribution in [3.8, 4) is 0 Å². The number of esters is 2. The first-order valence-electron chi connectivity index (χ1n) is 3.29. The van der Waals surface area contributed by atoms with Gasteiger partial charge in [-0.2, -0.15) is 0 Å². The maximum absolute atomic E-state index is 10.9. The number of allylic oxidation sites excluding steroid dienone is 2. The molecule has 0 heterocycles. The van der Waals surface area contributed by atoms with Gasteiger partial charge >= 0.3 is 11.9 Å². The summed E-state index contributed by atoms with van der Waals surface area (Å²) in [5.74, 6) is -1.43. The van der Waals surface area contributed by atoms with Crippen molar-refractivity contribution in [2.45, 2.75) is 6.92 Å². The summed E-state index contributed by atoms with van der Waals surface area (Å²) in [5, 5.41) is 0. The molecule has 0 bridgehead atoms. The zero-order valence-corrected chi connectivity index (χ0v) is 6.87. The summed E-state index contributed by atoms with van der Waals surface area (Å²) in [6.45, 7) is 8.07. The summed E-state index contributed by atoms with van der Waals surface area (Å²) >= 11 is 0. The van der Waals surface area contributed by atoms with Crippen molar-refractivity contribution in [2.24, 2.45) is 0 Å². The first kappa shape index (κ1) is 10.4. The lowest BCUT2D eigenvalue weighted by Gasteiger charge is -1.97. The third kappa shape index (κ3) is 3.51. The van der Waals surface area contributed by atoms with Crippen LogP contribution in [0.3, 0.4) is 0 Å². The first-order valence-corrected chi connectivity index (χ1v) is 3.29. The monoisotopic (exact) mass is 166 g/mol. The van der Waals surface area contributed by atoms with Crippen molar-refractivity contribution < 1.29 is 14.3 Å². The summed E-state index contributed by atoms with van der Waals surface area (Å²) in [7, 11) is 0. The maximum Gasteiger partial charge on any atom is 0.341 e. The average Bonchev–Trinajstić information content (AvgIpc) is 2.04. The average molecular weight is 166 g/mol. The molecule has 64 valence electrons. The summed E-state index contributed by atoms with van der Waals surface area (Å²) in [4.78, 5) is 21.4. The summed E-state index contributed by atoms with van der Waals surface area (Å²) in [5.41, 5.74) is 0.320. The number of carbonyl (C=O) groups is 2. The minimum atomic E-state index is -0.753. The Morgan fingerprint density at radius 3 is 2.33 bits per heavy atom. The van der Waals surface area contributed by atoms with Gasteiger partial charge < -0.3 is 4.74 Å². The normalized spacial score (nSPS) is 10.2. The van der Waals surface area contributed by atoms with Gasteiger partial charge in [0.15, 0.2) is 0 Å². The SMILES string of the molecule is C=CC=C(C)C(=O)OC(=O)C=C. The van der Waals surface area contributed by atoms with Crippen LogP contribution in [0.1, 0.15) is 6.92 Å². The van der Waals surface area contributed by atoms with Gasteiger partial charge in [-0.3, -0.25) is 0 Å². The van der Waals surface area contributed by atoms with E-state index >= 15 is 0 Å². The van der Waals surface area contributed by atoms with Gasteiger partial charge in [0.1, 0.15) is 0 Å². The highest BCUT2D eigenvalue weighted by molar-refractivity contribution is 5.99. The van der Waals surface area contributed by atoms with Gasteiger partial charge in [-0.1, -0.05) is 25.3 Å². The van der Waals surface area contributed by atoms with Crippen molar-refractivity contribution in [1.82, 2.24) is 0 Å². The second-order valence-corrected chi connectivity index (χ2v) is 2.00. The van der Waals surface area contributed by atoms with Crippen LogP contribution in [-0.2, 0) is 14.3 Å². The van der Waals surface area contributed by atoms with Crippen LogP contribution in [-0.4, -0.2) is 11.9 Å². The van der Waals surface area contributed by atoms with E-state index in [2.05, 4.69) is 17.9 Å². The topological polar surface area (TPSA) is 43.4 Å². The summed E-state index contributed by atoms with van der Waals surface area (Å²) < 4.78 is 4.30. The van der Waals surface area contributed by atoms with Crippen LogP contribution in [0.5, 0.6) is 0 Å². The molecule has 0 aromatic heterocycles. The highest BCUT2D eigenvalue weighted by atomic mass is 16.6. The number of carbonyl (C=O) groups excluding carboxylic acids is 2. The predicted molar refractivity (Wildman–Crippen MR) is 45.3 cm³/mol. The molecule has 0 spiro atoms. The number of hydrogen-bond donors (Lipinski definition) is 0. The Kier molecular flexibility index (Phi) is 4.38. The van der Waals surface area contributed by atoms with Crippen LogP contribution in [0.2, 0.25) is 0 Å². The van der Waals surface area contributed by atoms with Gasteiger partial charge in [0, 0.05) is 11.6 Å². The summed E-state index contributed by atoms with van der Waals surface area (Å²) in [6.07, 6.45) is 3.83. The molecule has 0 fully saturated rings. The third-order valence-corrected chi connectivity index (χ3v) is 1.05. The second kappa shape index (κ2) is 5.07. The molecule has 0 amide bonds. The fourth-order valence-corrected chi connectivity index (χ4v) is 0.458. The van der Waals surface area contributed by atoms with Gasteiger partial charge in [-0.25, -0.2) is 9.59 Å². The highest BCUT2D eigenvalue weighted by Gasteiger charge is 2.07. The van der Waals surface area contributed by atoms with E-state index < -0.39 is 11.9 Å². The van der Waals surface area contributed by atoms with E-state index in [1.807, 2.05) is 0 Å². The van der Waals surface area contributed by atoms with Gasteiger partial charge in [0.25, 0.3) is 0 Å². The predicted octanol–water partition coefficient (Wildman–Crippen LogP) is 1.37. The van der Waals surface area contributed by atoms with E-state index in [-0.39, 0.29) is 0 Å². The standard InChI is InChI=1S/C9H10O3/c1-4-6-7(3)9(11)12-8(10)5-2/h4-6H,1-2H2,3H3. The van der Waals surface area contributed by atoms with Crippen molar-refractivity contribution >= 4 is 11.9 Å². The molecule has 0 aromatic carbocycles. The Balaban J connectivity index is 4.22. The zero-order valence-electron chi connectivity index (χ0n) is 6.87. The lowest BCUT2D eigenvalue weighted by molar-refractivity contribution is -0.153. The Hall–Kier alpha value is -1.64. The second-order valence-electron chi connectivity index (χ2n) is 2.00. The van der Waals surface area contributed by atoms with Crippen LogP contribution in [0, 0.1) is 0 Å². The molecule has 0 saturated carbocycles. The third-order valence-electron chi connectivity index (χ3n) is 1.05. The molecule has 3 nitrogen and oxygen atoms in total. The molecular formula is C9H10O3. The van der Waals surface area contributed by atoms with Gasteiger partial charge in [-0.15, -0.1) is 0 Å². The zero-order chi connectivity index (χ0) is 9.56. The number of hydrogen-bond acceptors (Lipinski definition) is 3. The molecule has 0 atom stereocenters. The maximum atomic E-state index is 10.9. The molecule has 0 aromatic rings. The summed E-state index contributed by atoms with van der Waals surface area (Å²) in [6, 6.07) is 0. The van der Waals surface area contributed by atoms with Crippen LogP contribution >= 0.6 is 0 Å². The molecule has 0 aliphatic carbocycles. The molecule has 0 rings (SSSR count). The minimum absolute atomic E-state index is 0.320. The first-order chi connectivity index (χ1) is 5.61. The molecule has 0 unspecified atom stereocenters. The smallest absolute Gasteiger partial charge is 0.341 e. The van der Waals surface area contributed by atoms with E-state index in [9.17, 15) is 9.59 Å². The van der Waals surface area contributed by atoms with E-state index in [1.54, 1.807) is 0 Å². The van der Waals surface area contributed by atoms with Gasteiger partial charge in [-0.05, 0) is 6.92 Å². The minimum Gasteiger partial charge on any atom is -0.386 e. The molecule has 0 aliphatic rings. The Morgan fingerprint density at radius 1 is 1.33 bits per heavy atom. The van der Waals surface area contributed by atoms with E-state index in [4.69, 9.17) is 0 Å². The lowest BCUT2D eigenvalue weighted by atomic mass is 10.3. The van der Waals surface area contributed by atoms with Crippen molar-refractivity contribution in [2.75, 3.05) is 0 Å². The van der Waals surface area contributed by atoms with Crippen molar-refractivity contribution in [3.05, 3.63) is 37.0 Å². The van der Waals surface area contributed by atoms with Crippen molar-refractivity contribution in [1.29, 1.82) is 0 Å². The number of rotatable bonds is 3. The van der Waals surface area contributed by atoms with E-state index in [0.717, 1.165) is 6.08 Å². The highest BCUT2D eigenvalue weighted by Crippen LogP contribution is 1.97. The van der Waals surface area contributed by atoms with Crippen LogP contribution in [0.25, 0.3) is 0 Å². The Bertz CT molecular complexity index is 248. The largest absolute Gasteiger partial charge is 0.386 e. The lowest BCUT2D eigenvalue weighted by Crippen LogP contribution is -2.10. The Labute approximate surface area is 71.0 Å². The fraction of sp³-hybridized carbons (Fsp3) is 0.111. The van der Waals surface area contributed by atoms with E-state index in [1.165, 1.54) is 19.1 Å². The quantitative estimate of drug-likeness (QED) is 0.275. The molecule has 0 saturated heterocycles. The molecule has 0 radical (unpaired) electrons. The molecule has 0 N–H and O–H groups in total. The van der Waals surface area contributed by atoms with Crippen LogP contribution < -0.4 is 0 Å².